The molecule has 1 aromatic rings. The van der Waals surface area contributed by atoms with E-state index in [1.807, 2.05) is 11.6 Å². The molecule has 0 radical (unpaired) electrons. The van der Waals surface area contributed by atoms with Gasteiger partial charge in [-0.1, -0.05) is 0 Å². The molecule has 0 spiro atoms. The normalized spacial score (nSPS) is 26.8. The summed E-state index contributed by atoms with van der Waals surface area (Å²) in [7, 11) is 2.02. The summed E-state index contributed by atoms with van der Waals surface area (Å²) < 4.78 is 2.02. The number of hydrogen-bond acceptors (Lipinski definition) is 4. The van der Waals surface area contributed by atoms with Crippen LogP contribution in [0, 0.1) is 5.92 Å². The second-order valence-corrected chi connectivity index (χ2v) is 5.67. The highest BCUT2D eigenvalue weighted by Gasteiger charge is 2.28. The van der Waals surface area contributed by atoms with E-state index in [1.165, 1.54) is 45.3 Å². The number of rotatable bonds is 3. The van der Waals surface area contributed by atoms with Gasteiger partial charge in [0, 0.05) is 13.1 Å². The number of hydrogen-bond donors (Lipinski definition) is 1. The molecule has 1 aromatic heterocycles. The zero-order chi connectivity index (χ0) is 12.4. The number of nitrogens with zero attached hydrogens (tertiary/aromatic N) is 4. The van der Waals surface area contributed by atoms with Crippen molar-refractivity contribution in [3.8, 4) is 0 Å². The summed E-state index contributed by atoms with van der Waals surface area (Å²) >= 11 is 0. The second-order valence-electron chi connectivity index (χ2n) is 5.67. The summed E-state index contributed by atoms with van der Waals surface area (Å²) in [4.78, 5) is 2.51. The molecule has 2 fully saturated rings. The van der Waals surface area contributed by atoms with E-state index in [0.717, 1.165) is 24.3 Å². The zero-order valence-electron chi connectivity index (χ0n) is 11.2. The van der Waals surface area contributed by atoms with Crippen LogP contribution in [0.25, 0.3) is 0 Å². The van der Waals surface area contributed by atoms with Crippen LogP contribution in [0.3, 0.4) is 0 Å². The molecule has 2 saturated heterocycles. The van der Waals surface area contributed by atoms with Gasteiger partial charge >= 0.3 is 0 Å². The lowest BCUT2D eigenvalue weighted by Crippen LogP contribution is -2.40. The standard InChI is InChI=1S/C13H23N5/c1-17-10-15-16-13(17)9-18-7-4-11(5-8-18)12-3-2-6-14-12/h10-12,14H,2-9H2,1H3. The lowest BCUT2D eigenvalue weighted by molar-refractivity contribution is 0.153. The minimum atomic E-state index is 0.793. The van der Waals surface area contributed by atoms with Gasteiger partial charge in [-0.25, -0.2) is 0 Å². The third kappa shape index (κ3) is 2.57. The molecule has 1 unspecified atom stereocenters. The zero-order valence-corrected chi connectivity index (χ0v) is 11.2. The average Bonchev–Trinajstić information content (AvgIpc) is 3.03. The SMILES string of the molecule is Cn1cnnc1CN1CCC(C2CCCN2)CC1. The van der Waals surface area contributed by atoms with E-state index in [4.69, 9.17) is 0 Å². The van der Waals surface area contributed by atoms with Crippen molar-refractivity contribution in [2.75, 3.05) is 19.6 Å². The van der Waals surface area contributed by atoms with Crippen molar-refractivity contribution in [2.24, 2.45) is 13.0 Å². The molecular weight excluding hydrogens is 226 g/mol. The third-order valence-electron chi connectivity index (χ3n) is 4.47. The van der Waals surface area contributed by atoms with E-state index in [9.17, 15) is 0 Å². The van der Waals surface area contributed by atoms with Gasteiger partial charge in [0.15, 0.2) is 0 Å². The van der Waals surface area contributed by atoms with Crippen molar-refractivity contribution < 1.29 is 0 Å². The van der Waals surface area contributed by atoms with Crippen LogP contribution in [0.1, 0.15) is 31.5 Å². The van der Waals surface area contributed by atoms with E-state index in [1.54, 1.807) is 6.33 Å². The van der Waals surface area contributed by atoms with Crippen LogP contribution in [0.2, 0.25) is 0 Å². The summed E-state index contributed by atoms with van der Waals surface area (Å²) in [5, 5.41) is 11.8. The van der Waals surface area contributed by atoms with E-state index in [2.05, 4.69) is 20.4 Å². The quantitative estimate of drug-likeness (QED) is 0.860. The van der Waals surface area contributed by atoms with Gasteiger partial charge < -0.3 is 9.88 Å². The van der Waals surface area contributed by atoms with Crippen LogP contribution in [0.4, 0.5) is 0 Å². The minimum absolute atomic E-state index is 0.793. The molecule has 18 heavy (non-hydrogen) atoms. The van der Waals surface area contributed by atoms with Gasteiger partial charge in [0.2, 0.25) is 0 Å². The highest BCUT2D eigenvalue weighted by molar-refractivity contribution is 4.89. The fraction of sp³-hybridized carbons (Fsp3) is 0.846. The first kappa shape index (κ1) is 12.1. The van der Waals surface area contributed by atoms with E-state index in [-0.39, 0.29) is 0 Å². The highest BCUT2D eigenvalue weighted by Crippen LogP contribution is 2.26. The lowest BCUT2D eigenvalue weighted by atomic mass is 9.88. The smallest absolute Gasteiger partial charge is 0.146 e. The summed E-state index contributed by atoms with van der Waals surface area (Å²) in [6.07, 6.45) is 7.19. The number of piperidine rings is 1. The van der Waals surface area contributed by atoms with Gasteiger partial charge in [-0.15, -0.1) is 10.2 Å². The van der Waals surface area contributed by atoms with E-state index in [0.29, 0.717) is 0 Å². The molecule has 5 nitrogen and oxygen atoms in total. The van der Waals surface area contributed by atoms with Crippen LogP contribution in [0.15, 0.2) is 6.33 Å². The van der Waals surface area contributed by atoms with Crippen molar-refractivity contribution in [3.63, 3.8) is 0 Å². The Bertz CT molecular complexity index is 374. The van der Waals surface area contributed by atoms with Gasteiger partial charge in [-0.3, -0.25) is 4.90 Å². The van der Waals surface area contributed by atoms with E-state index >= 15 is 0 Å². The number of aryl methyl sites for hydroxylation is 1. The molecule has 0 bridgehead atoms. The third-order valence-corrected chi connectivity index (χ3v) is 4.47. The van der Waals surface area contributed by atoms with Crippen molar-refractivity contribution in [3.05, 3.63) is 12.2 Å². The lowest BCUT2D eigenvalue weighted by Gasteiger charge is -2.34. The Kier molecular flexibility index (Phi) is 3.61. The Morgan fingerprint density at radius 1 is 1.33 bits per heavy atom. The molecule has 2 aliphatic rings. The first-order valence-corrected chi connectivity index (χ1v) is 7.11. The minimum Gasteiger partial charge on any atom is -0.320 e. The van der Waals surface area contributed by atoms with Crippen molar-refractivity contribution in [1.82, 2.24) is 25.0 Å². The molecule has 2 aliphatic heterocycles. The molecule has 5 heteroatoms. The van der Waals surface area contributed by atoms with Crippen LogP contribution in [-0.4, -0.2) is 45.3 Å². The molecular formula is C13H23N5. The summed E-state index contributed by atoms with van der Waals surface area (Å²) in [6, 6.07) is 0.793. The average molecular weight is 249 g/mol. The maximum Gasteiger partial charge on any atom is 0.146 e. The Hall–Kier alpha value is -0.940. The Morgan fingerprint density at radius 2 is 2.17 bits per heavy atom. The second kappa shape index (κ2) is 5.36. The number of likely N-dealkylation sites (tertiary alicyclic amines) is 1. The Balaban J connectivity index is 1.49. The van der Waals surface area contributed by atoms with Gasteiger partial charge in [0.25, 0.3) is 0 Å². The molecule has 3 heterocycles. The first-order valence-electron chi connectivity index (χ1n) is 7.11. The molecule has 0 amide bonds. The summed E-state index contributed by atoms with van der Waals surface area (Å²) in [5.74, 6) is 1.97. The maximum absolute atomic E-state index is 4.17. The molecule has 1 N–H and O–H groups in total. The van der Waals surface area contributed by atoms with Crippen molar-refractivity contribution in [1.29, 1.82) is 0 Å². The maximum atomic E-state index is 4.17. The Morgan fingerprint density at radius 3 is 2.78 bits per heavy atom. The fourth-order valence-corrected chi connectivity index (χ4v) is 3.28. The van der Waals surface area contributed by atoms with Gasteiger partial charge in [-0.2, -0.15) is 0 Å². The monoisotopic (exact) mass is 249 g/mol. The highest BCUT2D eigenvalue weighted by atomic mass is 15.3. The first-order chi connectivity index (χ1) is 8.83. The van der Waals surface area contributed by atoms with Crippen LogP contribution in [-0.2, 0) is 13.6 Å². The molecule has 0 aliphatic carbocycles. The number of nitrogens with one attached hydrogen (secondary N) is 1. The topological polar surface area (TPSA) is 46.0 Å². The number of aromatic nitrogens is 3. The van der Waals surface area contributed by atoms with Gasteiger partial charge in [-0.05, 0) is 51.2 Å². The van der Waals surface area contributed by atoms with Gasteiger partial charge in [0.1, 0.15) is 12.2 Å². The summed E-state index contributed by atoms with van der Waals surface area (Å²) in [6.45, 7) is 4.58. The van der Waals surface area contributed by atoms with E-state index < -0.39 is 0 Å². The van der Waals surface area contributed by atoms with Crippen molar-refractivity contribution in [2.45, 2.75) is 38.3 Å². The predicted molar refractivity (Wildman–Crippen MR) is 70.0 cm³/mol. The summed E-state index contributed by atoms with van der Waals surface area (Å²) in [5.41, 5.74) is 0. The molecule has 3 rings (SSSR count). The molecule has 100 valence electrons. The van der Waals surface area contributed by atoms with Crippen molar-refractivity contribution >= 4 is 0 Å². The van der Waals surface area contributed by atoms with Crippen LogP contribution in [0.5, 0.6) is 0 Å². The fourth-order valence-electron chi connectivity index (χ4n) is 3.28. The van der Waals surface area contributed by atoms with Gasteiger partial charge in [0.05, 0.1) is 6.54 Å². The predicted octanol–water partition coefficient (Wildman–Crippen LogP) is 0.779. The molecule has 1 atom stereocenters. The largest absolute Gasteiger partial charge is 0.320 e. The van der Waals surface area contributed by atoms with Crippen LogP contribution >= 0.6 is 0 Å². The van der Waals surface area contributed by atoms with Crippen LogP contribution < -0.4 is 5.32 Å². The Labute approximate surface area is 109 Å². The molecule has 0 aromatic carbocycles. The molecule has 0 saturated carbocycles.